The SMILES string of the molecule is O=C(CCCC[C@H]1SC[C@@H]2NC(=O)N[C@H]21)NCCOCCOCCOCCOCCOCCO. The van der Waals surface area contributed by atoms with Crippen LogP contribution in [0.1, 0.15) is 25.7 Å². The number of amides is 3. The molecule has 2 saturated heterocycles. The number of rotatable bonds is 22. The average Bonchev–Trinajstić information content (AvgIpc) is 3.38. The van der Waals surface area contributed by atoms with Gasteiger partial charge in [-0.05, 0) is 12.8 Å². The first-order valence-corrected chi connectivity index (χ1v) is 13.2. The Balaban J connectivity index is 1.26. The second-order valence-corrected chi connectivity index (χ2v) is 9.28. The van der Waals surface area contributed by atoms with E-state index in [1.165, 1.54) is 0 Å². The van der Waals surface area contributed by atoms with Crippen LogP contribution in [0, 0.1) is 0 Å². The molecule has 0 aromatic heterocycles. The third kappa shape index (κ3) is 13.1. The van der Waals surface area contributed by atoms with Crippen molar-refractivity contribution < 1.29 is 38.4 Å². The fourth-order valence-corrected chi connectivity index (χ4v) is 5.21. The molecular formula is C22H41N3O8S. The van der Waals surface area contributed by atoms with Gasteiger partial charge in [-0.25, -0.2) is 4.79 Å². The Morgan fingerprint density at radius 3 is 2.09 bits per heavy atom. The number of hydrogen-bond donors (Lipinski definition) is 4. The maximum atomic E-state index is 11.9. The van der Waals surface area contributed by atoms with Crippen LogP contribution in [-0.4, -0.2) is 119 Å². The van der Waals surface area contributed by atoms with E-state index < -0.39 is 0 Å². The van der Waals surface area contributed by atoms with Gasteiger partial charge >= 0.3 is 6.03 Å². The molecule has 2 rings (SSSR count). The summed E-state index contributed by atoms with van der Waals surface area (Å²) in [5.74, 6) is 1.01. The third-order valence-electron chi connectivity index (χ3n) is 5.37. The van der Waals surface area contributed by atoms with Crippen molar-refractivity contribution in [3.8, 4) is 0 Å². The van der Waals surface area contributed by atoms with Gasteiger partial charge < -0.3 is 44.7 Å². The van der Waals surface area contributed by atoms with Crippen LogP contribution in [0.2, 0.25) is 0 Å². The fourth-order valence-electron chi connectivity index (χ4n) is 3.67. The van der Waals surface area contributed by atoms with E-state index in [2.05, 4.69) is 16.0 Å². The van der Waals surface area contributed by atoms with Crippen LogP contribution in [0.15, 0.2) is 0 Å². The average molecular weight is 508 g/mol. The summed E-state index contributed by atoms with van der Waals surface area (Å²) < 4.78 is 26.6. The predicted molar refractivity (Wildman–Crippen MR) is 128 cm³/mol. The summed E-state index contributed by atoms with van der Waals surface area (Å²) in [6.45, 7) is 5.18. The highest BCUT2D eigenvalue weighted by atomic mass is 32.2. The topological polar surface area (TPSA) is 137 Å². The second-order valence-electron chi connectivity index (χ2n) is 8.00. The smallest absolute Gasteiger partial charge is 0.315 e. The summed E-state index contributed by atoms with van der Waals surface area (Å²) in [5, 5.41) is 17.8. The number of carbonyl (C=O) groups is 2. The standard InChI is InChI=1S/C22H41N3O8S/c26-6-8-30-10-12-32-14-16-33-15-13-31-11-9-29-7-5-23-20(27)4-2-1-3-19-21-18(17-34-19)24-22(28)25-21/h18-19,21,26H,1-17H2,(H,23,27)(H2,24,25,28)/t18-,19+,21+/m0/s1. The van der Waals surface area contributed by atoms with Gasteiger partial charge in [-0.15, -0.1) is 0 Å². The van der Waals surface area contributed by atoms with Gasteiger partial charge in [-0.3, -0.25) is 4.79 Å². The Bertz CT molecular complexity index is 560. The minimum atomic E-state index is -0.0573. The van der Waals surface area contributed by atoms with Crippen molar-refractivity contribution in [2.45, 2.75) is 43.0 Å². The number of hydrogen-bond acceptors (Lipinski definition) is 9. The molecule has 0 aliphatic carbocycles. The molecule has 0 unspecified atom stereocenters. The monoisotopic (exact) mass is 507 g/mol. The van der Waals surface area contributed by atoms with E-state index in [9.17, 15) is 9.59 Å². The number of urea groups is 1. The predicted octanol–water partition coefficient (Wildman–Crippen LogP) is -0.0963. The fraction of sp³-hybridized carbons (Fsp3) is 0.909. The maximum Gasteiger partial charge on any atom is 0.315 e. The second kappa shape index (κ2) is 19.1. The van der Waals surface area contributed by atoms with E-state index in [-0.39, 0.29) is 30.6 Å². The Labute approximate surface area is 206 Å². The Hall–Kier alpha value is -1.15. The van der Waals surface area contributed by atoms with Crippen molar-refractivity contribution in [1.82, 2.24) is 16.0 Å². The highest BCUT2D eigenvalue weighted by molar-refractivity contribution is 8.00. The van der Waals surface area contributed by atoms with Crippen LogP contribution in [0.3, 0.4) is 0 Å². The van der Waals surface area contributed by atoms with Crippen molar-refractivity contribution in [1.29, 1.82) is 0 Å². The molecule has 0 radical (unpaired) electrons. The van der Waals surface area contributed by atoms with E-state index in [1.807, 2.05) is 11.8 Å². The van der Waals surface area contributed by atoms with Gasteiger partial charge in [0.05, 0.1) is 84.8 Å². The van der Waals surface area contributed by atoms with Gasteiger partial charge in [0.15, 0.2) is 0 Å². The lowest BCUT2D eigenvalue weighted by atomic mass is 10.0. The minimum absolute atomic E-state index is 0.0226. The first kappa shape index (κ1) is 29.1. The summed E-state index contributed by atoms with van der Waals surface area (Å²) in [6.07, 6.45) is 3.37. The van der Waals surface area contributed by atoms with Crippen molar-refractivity contribution >= 4 is 23.7 Å². The lowest BCUT2D eigenvalue weighted by molar-refractivity contribution is -0.121. The van der Waals surface area contributed by atoms with Gasteiger partial charge in [0, 0.05) is 24.0 Å². The third-order valence-corrected chi connectivity index (χ3v) is 6.88. The molecule has 0 bridgehead atoms. The van der Waals surface area contributed by atoms with Crippen LogP contribution >= 0.6 is 11.8 Å². The first-order chi connectivity index (χ1) is 16.7. The maximum absolute atomic E-state index is 11.9. The molecule has 4 N–H and O–H groups in total. The van der Waals surface area contributed by atoms with Crippen LogP contribution in [0.25, 0.3) is 0 Å². The Morgan fingerprint density at radius 1 is 0.882 bits per heavy atom. The van der Waals surface area contributed by atoms with E-state index in [4.69, 9.17) is 28.8 Å². The van der Waals surface area contributed by atoms with Crippen molar-refractivity contribution in [3.63, 3.8) is 0 Å². The van der Waals surface area contributed by atoms with Crippen molar-refractivity contribution in [2.24, 2.45) is 0 Å². The largest absolute Gasteiger partial charge is 0.394 e. The molecule has 3 amide bonds. The van der Waals surface area contributed by atoms with Crippen LogP contribution in [-0.2, 0) is 28.5 Å². The number of aliphatic hydroxyl groups is 1. The molecule has 198 valence electrons. The molecule has 2 aliphatic rings. The lowest BCUT2D eigenvalue weighted by Crippen LogP contribution is -2.36. The molecule has 34 heavy (non-hydrogen) atoms. The summed E-state index contributed by atoms with van der Waals surface area (Å²) in [6, 6.07) is 0.428. The zero-order valence-corrected chi connectivity index (χ0v) is 20.8. The normalized spacial score (nSPS) is 21.3. The zero-order chi connectivity index (χ0) is 24.3. The Kier molecular flexibility index (Phi) is 16.3. The van der Waals surface area contributed by atoms with E-state index in [0.29, 0.717) is 84.3 Å². The highest BCUT2D eigenvalue weighted by Crippen LogP contribution is 2.33. The van der Waals surface area contributed by atoms with Gasteiger partial charge in [0.25, 0.3) is 0 Å². The van der Waals surface area contributed by atoms with Gasteiger partial charge in [0.2, 0.25) is 5.91 Å². The number of aliphatic hydroxyl groups excluding tert-OH is 1. The molecule has 0 saturated carbocycles. The number of ether oxygens (including phenoxy) is 5. The van der Waals surface area contributed by atoms with Crippen molar-refractivity contribution in [3.05, 3.63) is 0 Å². The van der Waals surface area contributed by atoms with Gasteiger partial charge in [-0.1, -0.05) is 6.42 Å². The number of thioether (sulfide) groups is 1. The van der Waals surface area contributed by atoms with Crippen LogP contribution < -0.4 is 16.0 Å². The molecule has 0 spiro atoms. The number of unbranched alkanes of at least 4 members (excludes halogenated alkanes) is 1. The van der Waals surface area contributed by atoms with Crippen LogP contribution in [0.4, 0.5) is 4.79 Å². The van der Waals surface area contributed by atoms with Crippen molar-refractivity contribution in [2.75, 3.05) is 85.0 Å². The van der Waals surface area contributed by atoms with E-state index in [0.717, 1.165) is 25.0 Å². The molecule has 2 heterocycles. The molecular weight excluding hydrogens is 466 g/mol. The van der Waals surface area contributed by atoms with E-state index >= 15 is 0 Å². The molecule has 11 nitrogen and oxygen atoms in total. The molecule has 2 fully saturated rings. The lowest BCUT2D eigenvalue weighted by Gasteiger charge is -2.16. The van der Waals surface area contributed by atoms with Gasteiger partial charge in [-0.2, -0.15) is 11.8 Å². The number of nitrogens with one attached hydrogen (secondary N) is 3. The first-order valence-electron chi connectivity index (χ1n) is 12.2. The molecule has 2 aliphatic heterocycles. The molecule has 12 heteroatoms. The summed E-state index contributed by atoms with van der Waals surface area (Å²) >= 11 is 1.90. The highest BCUT2D eigenvalue weighted by Gasteiger charge is 2.42. The number of fused-ring (bicyclic) bond motifs is 1. The number of carbonyl (C=O) groups excluding carboxylic acids is 2. The van der Waals surface area contributed by atoms with Crippen LogP contribution in [0.5, 0.6) is 0 Å². The summed E-state index contributed by atoms with van der Waals surface area (Å²) in [4.78, 5) is 23.3. The molecule has 3 atom stereocenters. The molecule has 0 aromatic rings. The quantitative estimate of drug-likeness (QED) is 0.117. The summed E-state index contributed by atoms with van der Waals surface area (Å²) in [5.41, 5.74) is 0. The molecule has 0 aromatic carbocycles. The Morgan fingerprint density at radius 2 is 1.47 bits per heavy atom. The summed E-state index contributed by atoms with van der Waals surface area (Å²) in [7, 11) is 0. The van der Waals surface area contributed by atoms with E-state index in [1.54, 1.807) is 0 Å². The minimum Gasteiger partial charge on any atom is -0.394 e. The van der Waals surface area contributed by atoms with Gasteiger partial charge in [0.1, 0.15) is 0 Å². The zero-order valence-electron chi connectivity index (χ0n) is 20.0.